The number of thioether (sulfide) groups is 1. The SMILES string of the molecule is COC(C)(C)CCOC(C)CCN(N)/C=C(\N)CN(CCC(=O)OCCOC(=O)C(C)CSSC)CCC(=O)OCCOC(=O)C(C)CSC(C)(C)C(C)(C)C. The molecule has 0 radical (unpaired) electrons. The lowest BCUT2D eigenvalue weighted by molar-refractivity contribution is -0.154. The summed E-state index contributed by atoms with van der Waals surface area (Å²) in [6.07, 6.45) is 4.98. The van der Waals surface area contributed by atoms with Crippen LogP contribution in [-0.2, 0) is 47.6 Å². The first kappa shape index (κ1) is 54.1. The molecule has 0 rings (SSSR count). The van der Waals surface area contributed by atoms with Crippen molar-refractivity contribution in [3.63, 3.8) is 0 Å². The van der Waals surface area contributed by atoms with Crippen LogP contribution < -0.4 is 11.6 Å². The number of methoxy groups -OCH3 is 1. The summed E-state index contributed by atoms with van der Waals surface area (Å²) in [5.41, 5.74) is 6.59. The van der Waals surface area contributed by atoms with Gasteiger partial charge in [0, 0.05) is 68.0 Å². The van der Waals surface area contributed by atoms with Crippen LogP contribution in [0.2, 0.25) is 0 Å². The third kappa shape index (κ3) is 26.2. The maximum atomic E-state index is 12.6. The van der Waals surface area contributed by atoms with Crippen molar-refractivity contribution < 1.29 is 47.6 Å². The van der Waals surface area contributed by atoms with Gasteiger partial charge in [-0.2, -0.15) is 11.8 Å². The molecule has 14 nitrogen and oxygen atoms in total. The Morgan fingerprint density at radius 3 is 1.73 bits per heavy atom. The van der Waals surface area contributed by atoms with Gasteiger partial charge in [0.1, 0.15) is 26.4 Å². The number of rotatable bonds is 31. The molecule has 0 aromatic heterocycles. The molecule has 0 saturated heterocycles. The number of hydrazine groups is 1. The summed E-state index contributed by atoms with van der Waals surface area (Å²) in [4.78, 5) is 51.7. The quantitative estimate of drug-likeness (QED) is 0.0217. The lowest BCUT2D eigenvalue weighted by Crippen LogP contribution is -2.35. The monoisotopic (exact) mass is 854 g/mol. The molecule has 0 fully saturated rings. The van der Waals surface area contributed by atoms with E-state index in [4.69, 9.17) is 40.0 Å². The summed E-state index contributed by atoms with van der Waals surface area (Å²) in [6.45, 7) is 22.0. The molecule has 0 aromatic carbocycles. The van der Waals surface area contributed by atoms with E-state index in [1.54, 1.807) is 53.6 Å². The zero-order valence-electron chi connectivity index (χ0n) is 36.3. The predicted molar refractivity (Wildman–Crippen MR) is 229 cm³/mol. The minimum absolute atomic E-state index is 0.00916. The number of nitrogens with zero attached hydrogens (tertiary/aromatic N) is 2. The lowest BCUT2D eigenvalue weighted by atomic mass is 9.83. The Bertz CT molecular complexity index is 1190. The molecule has 0 bridgehead atoms. The molecular weight excluding hydrogens is 781 g/mol. The largest absolute Gasteiger partial charge is 0.462 e. The van der Waals surface area contributed by atoms with E-state index in [1.165, 1.54) is 5.01 Å². The van der Waals surface area contributed by atoms with E-state index in [0.29, 0.717) is 36.8 Å². The van der Waals surface area contributed by atoms with Gasteiger partial charge in [-0.15, -0.1) is 0 Å². The van der Waals surface area contributed by atoms with Crippen LogP contribution in [0, 0.1) is 17.3 Å². The van der Waals surface area contributed by atoms with Gasteiger partial charge in [0.25, 0.3) is 0 Å². The van der Waals surface area contributed by atoms with Gasteiger partial charge in [-0.25, -0.2) is 5.84 Å². The second-order valence-electron chi connectivity index (χ2n) is 16.0. The Morgan fingerprint density at radius 1 is 0.750 bits per heavy atom. The van der Waals surface area contributed by atoms with Crippen LogP contribution >= 0.6 is 33.3 Å². The van der Waals surface area contributed by atoms with Crippen molar-refractivity contribution in [1.29, 1.82) is 0 Å². The molecule has 0 heterocycles. The van der Waals surface area contributed by atoms with Gasteiger partial charge in [-0.3, -0.25) is 24.1 Å². The molecule has 56 heavy (non-hydrogen) atoms. The van der Waals surface area contributed by atoms with Gasteiger partial charge in [0.2, 0.25) is 0 Å². The highest BCUT2D eigenvalue weighted by molar-refractivity contribution is 8.76. The van der Waals surface area contributed by atoms with E-state index < -0.39 is 11.9 Å². The Balaban J connectivity index is 5.06. The highest BCUT2D eigenvalue weighted by Crippen LogP contribution is 2.42. The van der Waals surface area contributed by atoms with Gasteiger partial charge in [0.05, 0.1) is 36.4 Å². The molecule has 0 aliphatic carbocycles. The van der Waals surface area contributed by atoms with Crippen LogP contribution in [0.3, 0.4) is 0 Å². The molecule has 3 unspecified atom stereocenters. The van der Waals surface area contributed by atoms with Crippen LogP contribution in [-0.4, -0.2) is 134 Å². The third-order valence-corrected chi connectivity index (χ3v) is 13.4. The van der Waals surface area contributed by atoms with Crippen molar-refractivity contribution in [2.75, 3.05) is 84.1 Å². The molecule has 0 spiro atoms. The number of nitrogens with two attached hydrogens (primary N) is 2. The van der Waals surface area contributed by atoms with E-state index in [1.807, 2.05) is 38.9 Å². The summed E-state index contributed by atoms with van der Waals surface area (Å²) in [7, 11) is 4.83. The van der Waals surface area contributed by atoms with Crippen LogP contribution in [0.5, 0.6) is 0 Å². The summed E-state index contributed by atoms with van der Waals surface area (Å²) >= 11 is 1.73. The van der Waals surface area contributed by atoms with Gasteiger partial charge in [-0.1, -0.05) is 70.1 Å². The second kappa shape index (κ2) is 28.5. The molecule has 328 valence electrons. The average molecular weight is 855 g/mol. The number of carbonyl (C=O) groups is 4. The van der Waals surface area contributed by atoms with Crippen LogP contribution in [0.1, 0.15) is 94.9 Å². The molecular formula is C39H74N4O10S3. The zero-order valence-corrected chi connectivity index (χ0v) is 38.7. The average Bonchev–Trinajstić information content (AvgIpc) is 3.12. The van der Waals surface area contributed by atoms with Crippen molar-refractivity contribution >= 4 is 57.2 Å². The molecule has 0 saturated carbocycles. The number of hydrogen-bond donors (Lipinski definition) is 2. The minimum Gasteiger partial charge on any atom is -0.462 e. The Hall–Kier alpha value is -1.89. The van der Waals surface area contributed by atoms with Gasteiger partial charge >= 0.3 is 23.9 Å². The second-order valence-corrected chi connectivity index (χ2v) is 20.3. The molecule has 0 aliphatic heterocycles. The Kier molecular flexibility index (Phi) is 27.6. The summed E-state index contributed by atoms with van der Waals surface area (Å²) in [5, 5.41) is 1.49. The van der Waals surface area contributed by atoms with E-state index >= 15 is 0 Å². The van der Waals surface area contributed by atoms with Crippen LogP contribution in [0.4, 0.5) is 0 Å². The summed E-state index contributed by atoms with van der Waals surface area (Å²) in [6, 6.07) is 0. The van der Waals surface area contributed by atoms with Crippen molar-refractivity contribution in [1.82, 2.24) is 9.91 Å². The fourth-order valence-corrected chi connectivity index (χ4v) is 6.98. The number of hydrogen-bond acceptors (Lipinski definition) is 17. The lowest BCUT2D eigenvalue weighted by Gasteiger charge is -2.38. The maximum Gasteiger partial charge on any atom is 0.309 e. The fourth-order valence-electron chi connectivity index (χ4n) is 4.25. The normalized spacial score (nSPS) is 14.2. The summed E-state index contributed by atoms with van der Waals surface area (Å²) < 4.78 is 32.5. The molecule has 4 N–H and O–H groups in total. The van der Waals surface area contributed by atoms with E-state index in [-0.39, 0.29) is 105 Å². The molecule has 0 aliphatic rings. The maximum absolute atomic E-state index is 12.6. The van der Waals surface area contributed by atoms with Crippen molar-refractivity contribution in [3.05, 3.63) is 11.9 Å². The zero-order chi connectivity index (χ0) is 43.0. The smallest absolute Gasteiger partial charge is 0.309 e. The van der Waals surface area contributed by atoms with Crippen LogP contribution in [0.25, 0.3) is 0 Å². The first-order chi connectivity index (χ1) is 26.0. The number of esters is 4. The highest BCUT2D eigenvalue weighted by atomic mass is 33.1. The van der Waals surface area contributed by atoms with Crippen molar-refractivity contribution in [3.8, 4) is 0 Å². The number of ether oxygens (including phenoxy) is 6. The van der Waals surface area contributed by atoms with Gasteiger partial charge < -0.3 is 39.2 Å². The standard InChI is InChI=1S/C39H74N4O10S3/c1-29(27-55-39(9,10)37(4,5)6)35(46)52-23-21-50-33(44)14-17-42(18-15-34(45)51-22-24-53-36(47)30(2)28-56-54-12)25-32(40)26-43(41)19-13-31(3)49-20-16-38(7,8)48-11/h26,29-31H,13-25,27-28,40-41H2,1-12H3/b32-26-. The van der Waals surface area contributed by atoms with Crippen molar-refractivity contribution in [2.24, 2.45) is 28.8 Å². The highest BCUT2D eigenvalue weighted by Gasteiger charge is 2.34. The summed E-state index contributed by atoms with van der Waals surface area (Å²) in [5.74, 6) is 5.26. The van der Waals surface area contributed by atoms with Crippen LogP contribution in [0.15, 0.2) is 11.9 Å². The first-order valence-electron chi connectivity index (χ1n) is 19.3. The minimum atomic E-state index is -0.484. The predicted octanol–water partition coefficient (Wildman–Crippen LogP) is 5.67. The fraction of sp³-hybridized carbons (Fsp3) is 0.846. The first-order valence-corrected chi connectivity index (χ1v) is 23.1. The van der Waals surface area contributed by atoms with E-state index in [2.05, 4.69) is 34.6 Å². The van der Waals surface area contributed by atoms with Crippen molar-refractivity contribution in [2.45, 2.75) is 111 Å². The van der Waals surface area contributed by atoms with E-state index in [0.717, 1.165) is 6.42 Å². The number of carbonyl (C=O) groups excluding carboxylic acids is 4. The molecule has 17 heteroatoms. The molecule has 0 amide bonds. The van der Waals surface area contributed by atoms with Gasteiger partial charge in [-0.05, 0) is 45.3 Å². The molecule has 0 aromatic rings. The Morgan fingerprint density at radius 2 is 1.25 bits per heavy atom. The topological polar surface area (TPSA) is 182 Å². The van der Waals surface area contributed by atoms with Gasteiger partial charge in [0.15, 0.2) is 0 Å². The van der Waals surface area contributed by atoms with E-state index in [9.17, 15) is 19.2 Å². The Labute approximate surface area is 349 Å². The molecule has 3 atom stereocenters. The third-order valence-electron chi connectivity index (χ3n) is 9.38.